The van der Waals surface area contributed by atoms with Crippen molar-refractivity contribution < 1.29 is 4.79 Å². The van der Waals surface area contributed by atoms with E-state index >= 15 is 0 Å². The Balaban J connectivity index is 2.38. The van der Waals surface area contributed by atoms with Gasteiger partial charge in [0.2, 0.25) is 5.91 Å². The summed E-state index contributed by atoms with van der Waals surface area (Å²) in [6.45, 7) is 0.593. The van der Waals surface area contributed by atoms with Crippen LogP contribution >= 0.6 is 39.9 Å². The monoisotopic (exact) mass is 265 g/mol. The van der Waals surface area contributed by atoms with Gasteiger partial charge >= 0.3 is 0 Å². The average molecular weight is 266 g/mol. The molecule has 0 bridgehead atoms. The third-order valence-electron chi connectivity index (χ3n) is 1.23. The largest absolute Gasteiger partial charge is 0.351 e. The molecule has 2 nitrogen and oxygen atoms in total. The molecule has 0 aromatic carbocycles. The molecule has 1 aromatic heterocycles. The first-order valence-corrected chi connectivity index (χ1v) is 5.63. The molecular weight excluding hydrogens is 258 g/mol. The van der Waals surface area contributed by atoms with E-state index in [1.807, 2.05) is 11.4 Å². The molecule has 66 valence electrons. The van der Waals surface area contributed by atoms with Crippen molar-refractivity contribution >= 4 is 45.8 Å². The minimum Gasteiger partial charge on any atom is -0.351 e. The molecule has 1 N–H and O–H groups in total. The van der Waals surface area contributed by atoms with Crippen LogP contribution in [0.15, 0.2) is 15.9 Å². The standard InChI is InChI=1S/C7H8BrNOS2/c8-5-1-6(12-4-5)2-9-7(10)3-11/h1,4,11H,2-3H2,(H,9,10). The summed E-state index contributed by atoms with van der Waals surface area (Å²) in [5, 5.41) is 4.72. The van der Waals surface area contributed by atoms with Crippen molar-refractivity contribution in [1.82, 2.24) is 5.32 Å². The van der Waals surface area contributed by atoms with Gasteiger partial charge in [0.05, 0.1) is 12.3 Å². The maximum absolute atomic E-state index is 10.8. The van der Waals surface area contributed by atoms with Gasteiger partial charge in [0.1, 0.15) is 0 Å². The zero-order valence-corrected chi connectivity index (χ0v) is 9.51. The van der Waals surface area contributed by atoms with E-state index in [1.54, 1.807) is 11.3 Å². The van der Waals surface area contributed by atoms with Crippen LogP contribution in [0.2, 0.25) is 0 Å². The molecule has 1 amide bonds. The van der Waals surface area contributed by atoms with E-state index in [2.05, 4.69) is 33.9 Å². The Hall–Kier alpha value is -0.0000000000000000833. The van der Waals surface area contributed by atoms with E-state index in [4.69, 9.17) is 0 Å². The SMILES string of the molecule is O=C(CS)NCc1cc(Br)cs1. The van der Waals surface area contributed by atoms with Crippen LogP contribution in [0.4, 0.5) is 0 Å². The number of hydrogen-bond donors (Lipinski definition) is 2. The van der Waals surface area contributed by atoms with Gasteiger partial charge in [-0.2, -0.15) is 12.6 Å². The number of halogens is 1. The summed E-state index contributed by atoms with van der Waals surface area (Å²) in [6, 6.07) is 1.99. The first-order chi connectivity index (χ1) is 5.72. The molecule has 0 spiro atoms. The molecule has 1 aromatic rings. The summed E-state index contributed by atoms with van der Waals surface area (Å²) >= 11 is 8.80. The fourth-order valence-corrected chi connectivity index (χ4v) is 2.19. The van der Waals surface area contributed by atoms with Crippen molar-refractivity contribution in [2.75, 3.05) is 5.75 Å². The van der Waals surface area contributed by atoms with E-state index < -0.39 is 0 Å². The van der Waals surface area contributed by atoms with Crippen LogP contribution in [0.5, 0.6) is 0 Å². The summed E-state index contributed by atoms with van der Waals surface area (Å²) < 4.78 is 1.06. The normalized spacial score (nSPS) is 9.83. The van der Waals surface area contributed by atoms with Crippen molar-refractivity contribution in [2.45, 2.75) is 6.54 Å². The second-order valence-electron chi connectivity index (χ2n) is 2.17. The Labute approximate surface area is 88.9 Å². The summed E-state index contributed by atoms with van der Waals surface area (Å²) in [7, 11) is 0. The van der Waals surface area contributed by atoms with E-state index in [0.29, 0.717) is 6.54 Å². The molecule has 0 aliphatic rings. The second-order valence-corrected chi connectivity index (χ2v) is 4.39. The Morgan fingerprint density at radius 3 is 3.00 bits per heavy atom. The first kappa shape index (κ1) is 10.1. The van der Waals surface area contributed by atoms with Crippen LogP contribution < -0.4 is 5.32 Å². The predicted octanol–water partition coefficient (Wildman–Crippen LogP) is 2.06. The van der Waals surface area contributed by atoms with Gasteiger partial charge in [-0.1, -0.05) is 0 Å². The Morgan fingerprint density at radius 2 is 2.50 bits per heavy atom. The summed E-state index contributed by atoms with van der Waals surface area (Å²) in [5.41, 5.74) is 0. The zero-order valence-electron chi connectivity index (χ0n) is 6.21. The number of thiophene rings is 1. The highest BCUT2D eigenvalue weighted by Gasteiger charge is 1.99. The number of carbonyl (C=O) groups is 1. The molecule has 0 saturated heterocycles. The number of hydrogen-bond acceptors (Lipinski definition) is 3. The van der Waals surface area contributed by atoms with E-state index in [0.717, 1.165) is 9.35 Å². The van der Waals surface area contributed by atoms with Crippen LogP contribution in [0, 0.1) is 0 Å². The fourth-order valence-electron chi connectivity index (χ4n) is 0.688. The first-order valence-electron chi connectivity index (χ1n) is 3.33. The molecule has 5 heteroatoms. The van der Waals surface area contributed by atoms with Crippen molar-refractivity contribution in [1.29, 1.82) is 0 Å². The van der Waals surface area contributed by atoms with Gasteiger partial charge in [-0.05, 0) is 22.0 Å². The number of carbonyl (C=O) groups excluding carboxylic acids is 1. The van der Waals surface area contributed by atoms with Crippen molar-refractivity contribution in [3.8, 4) is 0 Å². The number of rotatable bonds is 3. The molecule has 0 unspecified atom stereocenters. The Bertz CT molecular complexity index is 274. The second kappa shape index (κ2) is 4.89. The summed E-state index contributed by atoms with van der Waals surface area (Å²) in [4.78, 5) is 11.9. The molecular formula is C7H8BrNOS2. The van der Waals surface area contributed by atoms with Crippen LogP contribution in [0.25, 0.3) is 0 Å². The quantitative estimate of drug-likeness (QED) is 0.806. The predicted molar refractivity (Wildman–Crippen MR) is 57.7 cm³/mol. The lowest BCUT2D eigenvalue weighted by molar-refractivity contribution is -0.118. The minimum atomic E-state index is -0.0390. The molecule has 0 aliphatic heterocycles. The van der Waals surface area contributed by atoms with Crippen molar-refractivity contribution in [3.63, 3.8) is 0 Å². The van der Waals surface area contributed by atoms with E-state index in [-0.39, 0.29) is 11.7 Å². The van der Waals surface area contributed by atoms with Gasteiger partial charge in [0.25, 0.3) is 0 Å². The van der Waals surface area contributed by atoms with Gasteiger partial charge in [-0.3, -0.25) is 4.79 Å². The fraction of sp³-hybridized carbons (Fsp3) is 0.286. The Morgan fingerprint density at radius 1 is 1.75 bits per heavy atom. The molecule has 1 rings (SSSR count). The molecule has 0 fully saturated rings. The highest BCUT2D eigenvalue weighted by atomic mass is 79.9. The third-order valence-corrected chi connectivity index (χ3v) is 3.21. The number of amides is 1. The lowest BCUT2D eigenvalue weighted by Crippen LogP contribution is -2.23. The van der Waals surface area contributed by atoms with Crippen molar-refractivity contribution in [2.24, 2.45) is 0 Å². The average Bonchev–Trinajstić information content (AvgIpc) is 2.47. The molecule has 0 atom stereocenters. The number of nitrogens with one attached hydrogen (secondary N) is 1. The number of thiol groups is 1. The minimum absolute atomic E-state index is 0.0390. The van der Waals surface area contributed by atoms with E-state index in [1.165, 1.54) is 0 Å². The Kier molecular flexibility index (Phi) is 4.11. The molecule has 0 saturated carbocycles. The van der Waals surface area contributed by atoms with Crippen LogP contribution in [0.1, 0.15) is 4.88 Å². The lowest BCUT2D eigenvalue weighted by Gasteiger charge is -1.98. The maximum atomic E-state index is 10.8. The zero-order chi connectivity index (χ0) is 8.97. The van der Waals surface area contributed by atoms with Gasteiger partial charge in [-0.25, -0.2) is 0 Å². The van der Waals surface area contributed by atoms with Crippen LogP contribution in [0.3, 0.4) is 0 Å². The topological polar surface area (TPSA) is 29.1 Å². The van der Waals surface area contributed by atoms with Gasteiger partial charge in [0.15, 0.2) is 0 Å². The summed E-state index contributed by atoms with van der Waals surface area (Å²) in [6.07, 6.45) is 0. The maximum Gasteiger partial charge on any atom is 0.230 e. The highest BCUT2D eigenvalue weighted by molar-refractivity contribution is 9.10. The molecule has 12 heavy (non-hydrogen) atoms. The van der Waals surface area contributed by atoms with Crippen LogP contribution in [-0.4, -0.2) is 11.7 Å². The smallest absolute Gasteiger partial charge is 0.230 e. The molecule has 0 radical (unpaired) electrons. The van der Waals surface area contributed by atoms with Crippen LogP contribution in [-0.2, 0) is 11.3 Å². The van der Waals surface area contributed by atoms with Gasteiger partial charge in [0, 0.05) is 14.7 Å². The lowest BCUT2D eigenvalue weighted by atomic mass is 10.4. The van der Waals surface area contributed by atoms with Gasteiger partial charge < -0.3 is 5.32 Å². The highest BCUT2D eigenvalue weighted by Crippen LogP contribution is 2.19. The molecule has 1 heterocycles. The third kappa shape index (κ3) is 3.16. The summed E-state index contributed by atoms with van der Waals surface area (Å²) in [5.74, 6) is 0.204. The van der Waals surface area contributed by atoms with E-state index in [9.17, 15) is 4.79 Å². The van der Waals surface area contributed by atoms with Crippen molar-refractivity contribution in [3.05, 3.63) is 20.8 Å². The van der Waals surface area contributed by atoms with Gasteiger partial charge in [-0.15, -0.1) is 11.3 Å². The molecule has 0 aliphatic carbocycles.